The van der Waals surface area contributed by atoms with E-state index in [1.54, 1.807) is 13.0 Å². The van der Waals surface area contributed by atoms with Crippen LogP contribution in [0, 0.1) is 13.8 Å². The average molecular weight is 415 g/mol. The molecule has 1 aliphatic rings. The predicted molar refractivity (Wildman–Crippen MR) is 118 cm³/mol. The fourth-order valence-electron chi connectivity index (χ4n) is 3.95. The fourth-order valence-corrected chi connectivity index (χ4v) is 5.12. The van der Waals surface area contributed by atoms with Crippen molar-refractivity contribution in [2.45, 2.75) is 59.0 Å². The van der Waals surface area contributed by atoms with E-state index in [0.717, 1.165) is 35.8 Å². The highest BCUT2D eigenvalue weighted by molar-refractivity contribution is 7.92. The number of aryl methyl sites for hydroxylation is 4. The highest BCUT2D eigenvalue weighted by Crippen LogP contribution is 2.27. The van der Waals surface area contributed by atoms with Crippen molar-refractivity contribution in [2.75, 3.05) is 10.6 Å². The standard InChI is InChI=1S/C23H30N2O3S/c1-15-9-12-22(13-16(15)2)25(29(5,27)28)18(4)23(26)24-17(3)20-11-10-19-7-6-8-21(19)14-20/h9-14,17-18H,6-8H2,1-5H3,(H,24,26). The van der Waals surface area contributed by atoms with Crippen molar-refractivity contribution >= 4 is 21.6 Å². The number of fused-ring (bicyclic) bond motifs is 1. The molecular formula is C23H30N2O3S. The van der Waals surface area contributed by atoms with Crippen LogP contribution in [0.4, 0.5) is 5.69 Å². The smallest absolute Gasteiger partial charge is 0.244 e. The van der Waals surface area contributed by atoms with Crippen LogP contribution in [-0.4, -0.2) is 26.6 Å². The number of amides is 1. The number of rotatable bonds is 6. The van der Waals surface area contributed by atoms with Crippen molar-refractivity contribution in [1.29, 1.82) is 0 Å². The minimum Gasteiger partial charge on any atom is -0.348 e. The molecule has 6 heteroatoms. The molecule has 1 aliphatic carbocycles. The van der Waals surface area contributed by atoms with Crippen molar-refractivity contribution in [3.63, 3.8) is 0 Å². The third-order valence-corrected chi connectivity index (χ3v) is 7.06. The van der Waals surface area contributed by atoms with Gasteiger partial charge in [0.25, 0.3) is 0 Å². The molecule has 0 radical (unpaired) electrons. The van der Waals surface area contributed by atoms with Gasteiger partial charge in [-0.1, -0.05) is 24.3 Å². The van der Waals surface area contributed by atoms with E-state index < -0.39 is 16.1 Å². The summed E-state index contributed by atoms with van der Waals surface area (Å²) in [6.45, 7) is 7.46. The van der Waals surface area contributed by atoms with Gasteiger partial charge in [-0.25, -0.2) is 8.42 Å². The Bertz CT molecular complexity index is 1030. The van der Waals surface area contributed by atoms with E-state index in [4.69, 9.17) is 0 Å². The maximum absolute atomic E-state index is 13.0. The molecule has 0 saturated heterocycles. The summed E-state index contributed by atoms with van der Waals surface area (Å²) >= 11 is 0. The van der Waals surface area contributed by atoms with E-state index in [0.29, 0.717) is 5.69 Å². The van der Waals surface area contributed by atoms with Crippen LogP contribution in [0.2, 0.25) is 0 Å². The zero-order chi connectivity index (χ0) is 21.3. The van der Waals surface area contributed by atoms with Gasteiger partial charge in [-0.05, 0) is 86.9 Å². The van der Waals surface area contributed by atoms with Crippen molar-refractivity contribution in [1.82, 2.24) is 5.32 Å². The normalized spacial score (nSPS) is 15.5. The molecule has 0 saturated carbocycles. The third-order valence-electron chi connectivity index (χ3n) is 5.81. The molecule has 0 fully saturated rings. The first-order chi connectivity index (χ1) is 13.6. The second kappa shape index (κ2) is 8.19. The highest BCUT2D eigenvalue weighted by atomic mass is 32.2. The molecule has 2 unspecified atom stereocenters. The van der Waals surface area contributed by atoms with E-state index in [1.165, 1.54) is 21.9 Å². The average Bonchev–Trinajstić information content (AvgIpc) is 3.11. The van der Waals surface area contributed by atoms with Crippen LogP contribution in [-0.2, 0) is 27.7 Å². The number of sulfonamides is 1. The highest BCUT2D eigenvalue weighted by Gasteiger charge is 2.30. The summed E-state index contributed by atoms with van der Waals surface area (Å²) in [6.07, 6.45) is 4.51. The lowest BCUT2D eigenvalue weighted by Gasteiger charge is -2.29. The first-order valence-corrected chi connectivity index (χ1v) is 11.9. The Balaban J connectivity index is 1.81. The number of carbonyl (C=O) groups is 1. The van der Waals surface area contributed by atoms with Crippen LogP contribution in [0.15, 0.2) is 36.4 Å². The molecule has 1 N–H and O–H groups in total. The number of hydrogen-bond acceptors (Lipinski definition) is 3. The van der Waals surface area contributed by atoms with Crippen molar-refractivity contribution in [2.24, 2.45) is 0 Å². The molecule has 0 bridgehead atoms. The van der Waals surface area contributed by atoms with E-state index in [2.05, 4.69) is 23.5 Å². The van der Waals surface area contributed by atoms with Crippen LogP contribution in [0.3, 0.4) is 0 Å². The largest absolute Gasteiger partial charge is 0.348 e. The van der Waals surface area contributed by atoms with Gasteiger partial charge in [0.15, 0.2) is 0 Å². The molecule has 29 heavy (non-hydrogen) atoms. The van der Waals surface area contributed by atoms with Crippen molar-refractivity contribution in [3.05, 3.63) is 64.2 Å². The van der Waals surface area contributed by atoms with Crippen LogP contribution >= 0.6 is 0 Å². The molecule has 156 valence electrons. The van der Waals surface area contributed by atoms with Crippen LogP contribution in [0.25, 0.3) is 0 Å². The Labute approximate surface area is 174 Å². The zero-order valence-electron chi connectivity index (χ0n) is 17.8. The number of nitrogens with zero attached hydrogens (tertiary/aromatic N) is 1. The van der Waals surface area contributed by atoms with E-state index in [9.17, 15) is 13.2 Å². The SMILES string of the molecule is Cc1ccc(N(C(C)C(=O)NC(C)c2ccc3c(c2)CCC3)S(C)(=O)=O)cc1C. The van der Waals surface area contributed by atoms with Gasteiger partial charge in [-0.3, -0.25) is 9.10 Å². The molecular weight excluding hydrogens is 384 g/mol. The monoisotopic (exact) mass is 414 g/mol. The maximum Gasteiger partial charge on any atom is 0.244 e. The molecule has 0 aromatic heterocycles. The molecule has 2 atom stereocenters. The van der Waals surface area contributed by atoms with E-state index in [-0.39, 0.29) is 11.9 Å². The van der Waals surface area contributed by atoms with Crippen LogP contribution in [0.5, 0.6) is 0 Å². The van der Waals surface area contributed by atoms with Gasteiger partial charge in [0.1, 0.15) is 6.04 Å². The first kappa shape index (κ1) is 21.4. The quantitative estimate of drug-likeness (QED) is 0.781. The zero-order valence-corrected chi connectivity index (χ0v) is 18.6. The lowest BCUT2D eigenvalue weighted by atomic mass is 10.0. The summed E-state index contributed by atoms with van der Waals surface area (Å²) in [4.78, 5) is 13.0. The fraction of sp³-hybridized carbons (Fsp3) is 0.435. The minimum absolute atomic E-state index is 0.197. The van der Waals surface area contributed by atoms with Gasteiger partial charge < -0.3 is 5.32 Å². The second-order valence-corrected chi connectivity index (χ2v) is 9.97. The molecule has 1 amide bonds. The van der Waals surface area contributed by atoms with Crippen molar-refractivity contribution < 1.29 is 13.2 Å². The van der Waals surface area contributed by atoms with Gasteiger partial charge >= 0.3 is 0 Å². The number of hydrogen-bond donors (Lipinski definition) is 1. The van der Waals surface area contributed by atoms with Gasteiger partial charge in [0.05, 0.1) is 18.0 Å². The van der Waals surface area contributed by atoms with Gasteiger partial charge in [0, 0.05) is 0 Å². The second-order valence-electron chi connectivity index (χ2n) is 8.12. The Hall–Kier alpha value is -2.34. The van der Waals surface area contributed by atoms with Crippen LogP contribution in [0.1, 0.15) is 54.1 Å². The van der Waals surface area contributed by atoms with Crippen molar-refractivity contribution in [3.8, 4) is 0 Å². The Kier molecular flexibility index (Phi) is 6.03. The van der Waals surface area contributed by atoms with Gasteiger partial charge in [-0.2, -0.15) is 0 Å². The molecule has 3 rings (SSSR count). The summed E-state index contributed by atoms with van der Waals surface area (Å²) in [5, 5.41) is 2.99. The van der Waals surface area contributed by atoms with E-state index >= 15 is 0 Å². The third kappa shape index (κ3) is 4.64. The Morgan fingerprint density at radius 3 is 2.34 bits per heavy atom. The number of nitrogens with one attached hydrogen (secondary N) is 1. The number of benzene rings is 2. The van der Waals surface area contributed by atoms with E-state index in [1.807, 2.05) is 32.9 Å². The summed E-state index contributed by atoms with van der Waals surface area (Å²) in [5.74, 6) is -0.318. The molecule has 0 heterocycles. The Morgan fingerprint density at radius 2 is 1.69 bits per heavy atom. The summed E-state index contributed by atoms with van der Waals surface area (Å²) < 4.78 is 26.2. The molecule has 0 aliphatic heterocycles. The Morgan fingerprint density at radius 1 is 1.00 bits per heavy atom. The topological polar surface area (TPSA) is 66.5 Å². The first-order valence-electron chi connectivity index (χ1n) is 10.1. The molecule has 2 aromatic carbocycles. The molecule has 2 aromatic rings. The number of anilines is 1. The molecule has 0 spiro atoms. The predicted octanol–water partition coefficient (Wildman–Crippen LogP) is 3.82. The number of carbonyl (C=O) groups excluding carboxylic acids is 1. The maximum atomic E-state index is 13.0. The van der Waals surface area contributed by atoms with Gasteiger partial charge in [0.2, 0.25) is 15.9 Å². The lowest BCUT2D eigenvalue weighted by Crippen LogP contribution is -2.48. The van der Waals surface area contributed by atoms with Crippen LogP contribution < -0.4 is 9.62 Å². The molecule has 5 nitrogen and oxygen atoms in total. The van der Waals surface area contributed by atoms with Gasteiger partial charge in [-0.15, -0.1) is 0 Å². The minimum atomic E-state index is -3.63. The summed E-state index contributed by atoms with van der Waals surface area (Å²) in [7, 11) is -3.63. The lowest BCUT2D eigenvalue weighted by molar-refractivity contribution is -0.122. The summed E-state index contributed by atoms with van der Waals surface area (Å²) in [6, 6.07) is 10.7. The summed E-state index contributed by atoms with van der Waals surface area (Å²) in [5.41, 5.74) is 6.34.